The van der Waals surface area contributed by atoms with Gasteiger partial charge in [0.2, 0.25) is 0 Å². The van der Waals surface area contributed by atoms with Crippen LogP contribution in [-0.4, -0.2) is 4.57 Å². The van der Waals surface area contributed by atoms with Gasteiger partial charge in [-0.25, -0.2) is 0 Å². The lowest BCUT2D eigenvalue weighted by Crippen LogP contribution is -2.12. The van der Waals surface area contributed by atoms with Crippen molar-refractivity contribution in [1.82, 2.24) is 4.57 Å². The maximum Gasteiger partial charge on any atom is 0.0541 e. The first-order valence-corrected chi connectivity index (χ1v) is 18.8. The molecule has 0 saturated carbocycles. The molecule has 0 aliphatic heterocycles. The van der Waals surface area contributed by atoms with Crippen molar-refractivity contribution in [2.75, 3.05) is 4.90 Å². The zero-order valence-corrected chi connectivity index (χ0v) is 31.2. The molecule has 0 bridgehead atoms. The van der Waals surface area contributed by atoms with Gasteiger partial charge in [-0.3, -0.25) is 0 Å². The molecule has 0 spiro atoms. The lowest BCUT2D eigenvalue weighted by molar-refractivity contribution is 1.18. The molecular weight excluding hydrogens is 653 g/mol. The molecule has 0 aliphatic carbocycles. The van der Waals surface area contributed by atoms with Crippen LogP contribution in [0.1, 0.15) is 22.3 Å². The van der Waals surface area contributed by atoms with Crippen LogP contribution in [0.3, 0.4) is 0 Å². The Kier molecular flexibility index (Phi) is 8.44. The second kappa shape index (κ2) is 13.7. The highest BCUT2D eigenvalue weighted by molar-refractivity contribution is 6.09. The Morgan fingerprint density at radius 3 is 1.52 bits per heavy atom. The van der Waals surface area contributed by atoms with Crippen LogP contribution in [-0.2, 0) is 0 Å². The monoisotopic (exact) mass is 694 g/mol. The number of hydrogen-bond acceptors (Lipinski definition) is 1. The van der Waals surface area contributed by atoms with Crippen molar-refractivity contribution in [3.63, 3.8) is 0 Å². The summed E-state index contributed by atoms with van der Waals surface area (Å²) in [4.78, 5) is 2.38. The van der Waals surface area contributed by atoms with Crippen LogP contribution >= 0.6 is 0 Å². The number of anilines is 3. The first-order valence-electron chi connectivity index (χ1n) is 18.8. The van der Waals surface area contributed by atoms with Gasteiger partial charge in [-0.2, -0.15) is 0 Å². The summed E-state index contributed by atoms with van der Waals surface area (Å²) in [5.74, 6) is 0. The number of nitrogens with zero attached hydrogens (tertiary/aromatic N) is 2. The van der Waals surface area contributed by atoms with Gasteiger partial charge < -0.3 is 9.47 Å². The molecule has 9 aromatic rings. The first kappa shape index (κ1) is 33.2. The van der Waals surface area contributed by atoms with Gasteiger partial charge in [-0.15, -0.1) is 0 Å². The summed E-state index contributed by atoms with van der Waals surface area (Å²) in [6.07, 6.45) is 0. The molecule has 9 rings (SSSR count). The van der Waals surface area contributed by atoms with Gasteiger partial charge in [-0.05, 0) is 138 Å². The fourth-order valence-corrected chi connectivity index (χ4v) is 8.19. The number of hydrogen-bond donors (Lipinski definition) is 0. The molecule has 1 aromatic heterocycles. The molecule has 8 aromatic carbocycles. The fraction of sp³-hybridized carbons (Fsp3) is 0.0769. The minimum atomic E-state index is 1.14. The predicted octanol–water partition coefficient (Wildman–Crippen LogP) is 14.5. The number of para-hydroxylation sites is 3. The normalized spacial score (nSPS) is 11.3. The summed E-state index contributed by atoms with van der Waals surface area (Å²) in [6, 6.07) is 66.0. The number of fused-ring (bicyclic) bond motifs is 3. The third kappa shape index (κ3) is 5.77. The highest BCUT2D eigenvalue weighted by atomic mass is 15.1. The smallest absolute Gasteiger partial charge is 0.0541 e. The molecule has 260 valence electrons. The largest absolute Gasteiger partial charge is 0.310 e. The molecule has 54 heavy (non-hydrogen) atoms. The van der Waals surface area contributed by atoms with Crippen molar-refractivity contribution < 1.29 is 0 Å². The molecular formula is C52H42N2. The van der Waals surface area contributed by atoms with Crippen LogP contribution in [0.25, 0.3) is 60.9 Å². The molecule has 0 atom stereocenters. The summed E-state index contributed by atoms with van der Waals surface area (Å²) >= 11 is 0. The number of rotatable bonds is 7. The molecule has 0 N–H and O–H groups in total. The van der Waals surface area contributed by atoms with Gasteiger partial charge in [0.1, 0.15) is 0 Å². The quantitative estimate of drug-likeness (QED) is 0.161. The summed E-state index contributed by atoms with van der Waals surface area (Å²) in [7, 11) is 0. The van der Waals surface area contributed by atoms with Gasteiger partial charge in [-0.1, -0.05) is 127 Å². The summed E-state index contributed by atoms with van der Waals surface area (Å²) in [5.41, 5.74) is 19.7. The molecule has 0 saturated heterocycles. The summed E-state index contributed by atoms with van der Waals surface area (Å²) < 4.78 is 2.38. The molecule has 0 aliphatic rings. The van der Waals surface area contributed by atoms with Crippen LogP contribution in [0.15, 0.2) is 182 Å². The molecule has 0 amide bonds. The lowest BCUT2D eigenvalue weighted by Gasteiger charge is -2.29. The van der Waals surface area contributed by atoms with Crippen molar-refractivity contribution in [3.8, 4) is 39.1 Å². The maximum absolute atomic E-state index is 2.38. The molecule has 1 heterocycles. The zero-order chi connectivity index (χ0) is 36.8. The van der Waals surface area contributed by atoms with Gasteiger partial charge in [0, 0.05) is 33.5 Å². The second-order valence-electron chi connectivity index (χ2n) is 14.4. The van der Waals surface area contributed by atoms with E-state index >= 15 is 0 Å². The Morgan fingerprint density at radius 1 is 0.370 bits per heavy atom. The Labute approximate surface area is 318 Å². The molecule has 2 heteroatoms. The Hall–Kier alpha value is -6.64. The van der Waals surface area contributed by atoms with E-state index in [1.54, 1.807) is 0 Å². The Morgan fingerprint density at radius 2 is 0.870 bits per heavy atom. The van der Waals surface area contributed by atoms with Crippen LogP contribution in [0.5, 0.6) is 0 Å². The molecule has 2 nitrogen and oxygen atoms in total. The number of benzene rings is 8. The van der Waals surface area contributed by atoms with E-state index in [4.69, 9.17) is 0 Å². The number of aromatic nitrogens is 1. The van der Waals surface area contributed by atoms with Crippen molar-refractivity contribution in [2.24, 2.45) is 0 Å². The molecule has 0 radical (unpaired) electrons. The van der Waals surface area contributed by atoms with Gasteiger partial charge in [0.15, 0.2) is 0 Å². The van der Waals surface area contributed by atoms with Crippen molar-refractivity contribution in [3.05, 3.63) is 204 Å². The SMILES string of the molecule is Cc1cc(-c2ccc(N(c3ccccc3)c3ccc(-c4ccccc4)cc3)c(C)c2C)c(C)cc1-c1ccc(-n2c3ccccc3c3ccccc32)cc1. The average Bonchev–Trinajstić information content (AvgIpc) is 3.56. The minimum absolute atomic E-state index is 1.14. The summed E-state index contributed by atoms with van der Waals surface area (Å²) in [6.45, 7) is 9.02. The van der Waals surface area contributed by atoms with Crippen molar-refractivity contribution in [1.29, 1.82) is 0 Å². The third-order valence-electron chi connectivity index (χ3n) is 11.1. The van der Waals surface area contributed by atoms with Crippen molar-refractivity contribution in [2.45, 2.75) is 27.7 Å². The standard InChI is InChI=1S/C52H42N2/c1-35-34-49(36(2)33-48(35)41-25-29-44(30-26-41)54-51-21-13-11-19-46(51)47-20-12-14-22-52(47)54)45-31-32-50(38(4)37(45)3)53(42-17-9-6-10-18-42)43-27-23-40(24-28-43)39-15-7-5-8-16-39/h5-34H,1-4H3. The van der Waals surface area contributed by atoms with Gasteiger partial charge in [0.25, 0.3) is 0 Å². The fourth-order valence-electron chi connectivity index (χ4n) is 8.19. The zero-order valence-electron chi connectivity index (χ0n) is 31.2. The van der Waals surface area contributed by atoms with E-state index in [2.05, 4.69) is 219 Å². The van der Waals surface area contributed by atoms with E-state index in [0.717, 1.165) is 11.4 Å². The van der Waals surface area contributed by atoms with Gasteiger partial charge in [0.05, 0.1) is 11.0 Å². The molecule has 0 unspecified atom stereocenters. The minimum Gasteiger partial charge on any atom is -0.310 e. The summed E-state index contributed by atoms with van der Waals surface area (Å²) in [5, 5.41) is 2.56. The first-order chi connectivity index (χ1) is 26.5. The van der Waals surface area contributed by atoms with E-state index in [1.807, 2.05) is 0 Å². The highest BCUT2D eigenvalue weighted by Crippen LogP contribution is 2.42. The number of aryl methyl sites for hydroxylation is 2. The van der Waals surface area contributed by atoms with Crippen molar-refractivity contribution >= 4 is 38.9 Å². The lowest BCUT2D eigenvalue weighted by atomic mass is 9.88. The Balaban J connectivity index is 1.06. The van der Waals surface area contributed by atoms with Crippen LogP contribution in [0.4, 0.5) is 17.1 Å². The topological polar surface area (TPSA) is 8.17 Å². The third-order valence-corrected chi connectivity index (χ3v) is 11.1. The van der Waals surface area contributed by atoms with E-state index in [0.29, 0.717) is 0 Å². The van der Waals surface area contributed by atoms with Crippen LogP contribution < -0.4 is 4.90 Å². The van der Waals surface area contributed by atoms with E-state index in [1.165, 1.54) is 88.8 Å². The van der Waals surface area contributed by atoms with Gasteiger partial charge >= 0.3 is 0 Å². The predicted molar refractivity (Wildman–Crippen MR) is 231 cm³/mol. The Bertz CT molecular complexity index is 2720. The second-order valence-corrected chi connectivity index (χ2v) is 14.4. The van der Waals surface area contributed by atoms with Crippen LogP contribution in [0.2, 0.25) is 0 Å². The van der Waals surface area contributed by atoms with E-state index < -0.39 is 0 Å². The average molecular weight is 695 g/mol. The van der Waals surface area contributed by atoms with Crippen LogP contribution in [0, 0.1) is 27.7 Å². The van der Waals surface area contributed by atoms with E-state index in [9.17, 15) is 0 Å². The highest BCUT2D eigenvalue weighted by Gasteiger charge is 2.19. The maximum atomic E-state index is 2.38. The molecule has 0 fully saturated rings. The van der Waals surface area contributed by atoms with E-state index in [-0.39, 0.29) is 0 Å².